The standard InChI is InChI=1S/C27H25ClN4O4S/c1-17-6-12-21(37(35,36)31-20-10-8-19(28)9-11-20)16-23(17)30-26(33)18-7-13-22-24(15-18)29-25-5-3-2-4-14-32(25)27(22)34/h6-13,15-16,31H,2-5,14H2,1H3,(H,30,33). The van der Waals surface area contributed by atoms with E-state index < -0.39 is 15.9 Å². The maximum absolute atomic E-state index is 13.1. The molecule has 0 radical (unpaired) electrons. The molecule has 37 heavy (non-hydrogen) atoms. The monoisotopic (exact) mass is 536 g/mol. The molecule has 1 aliphatic rings. The minimum absolute atomic E-state index is 0.000701. The predicted octanol–water partition coefficient (Wildman–Crippen LogP) is 5.14. The Hall–Kier alpha value is -3.69. The van der Waals surface area contributed by atoms with Gasteiger partial charge in [-0.2, -0.15) is 0 Å². The van der Waals surface area contributed by atoms with E-state index >= 15 is 0 Å². The highest BCUT2D eigenvalue weighted by Crippen LogP contribution is 2.24. The number of anilines is 2. The summed E-state index contributed by atoms with van der Waals surface area (Å²) in [5, 5.41) is 3.77. The van der Waals surface area contributed by atoms with Gasteiger partial charge in [0.25, 0.3) is 21.5 Å². The fraction of sp³-hybridized carbons (Fsp3) is 0.222. The van der Waals surface area contributed by atoms with Gasteiger partial charge in [-0.25, -0.2) is 13.4 Å². The van der Waals surface area contributed by atoms with Gasteiger partial charge in [-0.1, -0.05) is 24.1 Å². The zero-order valence-corrected chi connectivity index (χ0v) is 21.7. The number of amides is 1. The summed E-state index contributed by atoms with van der Waals surface area (Å²) in [6, 6.07) is 15.6. The van der Waals surface area contributed by atoms with Crippen molar-refractivity contribution in [1.29, 1.82) is 0 Å². The first kappa shape index (κ1) is 25.0. The smallest absolute Gasteiger partial charge is 0.261 e. The van der Waals surface area contributed by atoms with E-state index in [2.05, 4.69) is 15.0 Å². The van der Waals surface area contributed by atoms with E-state index in [4.69, 9.17) is 11.6 Å². The number of hydrogen-bond acceptors (Lipinski definition) is 5. The number of carbonyl (C=O) groups is 1. The van der Waals surface area contributed by atoms with Gasteiger partial charge in [-0.3, -0.25) is 18.9 Å². The van der Waals surface area contributed by atoms with E-state index in [0.717, 1.165) is 31.5 Å². The fourth-order valence-electron chi connectivity index (χ4n) is 4.39. The lowest BCUT2D eigenvalue weighted by Crippen LogP contribution is -2.24. The largest absolute Gasteiger partial charge is 0.322 e. The molecule has 0 unspecified atom stereocenters. The van der Waals surface area contributed by atoms with Crippen LogP contribution in [0, 0.1) is 6.92 Å². The van der Waals surface area contributed by atoms with E-state index in [1.54, 1.807) is 60.0 Å². The van der Waals surface area contributed by atoms with Crippen LogP contribution in [0.15, 0.2) is 70.4 Å². The molecule has 10 heteroatoms. The van der Waals surface area contributed by atoms with Crippen molar-refractivity contribution >= 4 is 49.8 Å². The van der Waals surface area contributed by atoms with Crippen molar-refractivity contribution in [1.82, 2.24) is 9.55 Å². The summed E-state index contributed by atoms with van der Waals surface area (Å²) in [5.74, 6) is 0.316. The van der Waals surface area contributed by atoms with Gasteiger partial charge in [0.05, 0.1) is 15.8 Å². The summed E-state index contributed by atoms with van der Waals surface area (Å²) in [6.45, 7) is 2.43. The van der Waals surface area contributed by atoms with Gasteiger partial charge in [0, 0.05) is 34.9 Å². The molecule has 5 rings (SSSR count). The Morgan fingerprint density at radius 2 is 1.78 bits per heavy atom. The van der Waals surface area contributed by atoms with Crippen molar-refractivity contribution in [2.24, 2.45) is 0 Å². The highest BCUT2D eigenvalue weighted by molar-refractivity contribution is 7.92. The van der Waals surface area contributed by atoms with Crippen LogP contribution in [-0.2, 0) is 23.0 Å². The number of sulfonamides is 1. The summed E-state index contributed by atoms with van der Waals surface area (Å²) in [5.41, 5.74) is 2.14. The highest BCUT2D eigenvalue weighted by Gasteiger charge is 2.19. The van der Waals surface area contributed by atoms with Crippen molar-refractivity contribution in [2.75, 3.05) is 10.0 Å². The zero-order chi connectivity index (χ0) is 26.2. The number of nitrogens with one attached hydrogen (secondary N) is 2. The highest BCUT2D eigenvalue weighted by atomic mass is 35.5. The van der Waals surface area contributed by atoms with Gasteiger partial charge in [0.15, 0.2) is 0 Å². The Bertz CT molecular complexity index is 1680. The van der Waals surface area contributed by atoms with E-state index in [0.29, 0.717) is 45.0 Å². The topological polar surface area (TPSA) is 110 Å². The van der Waals surface area contributed by atoms with E-state index in [1.807, 2.05) is 0 Å². The molecule has 3 aromatic carbocycles. The summed E-state index contributed by atoms with van der Waals surface area (Å²) in [6.07, 6.45) is 3.70. The third-order valence-electron chi connectivity index (χ3n) is 6.44. The Morgan fingerprint density at radius 3 is 2.57 bits per heavy atom. The van der Waals surface area contributed by atoms with Crippen molar-refractivity contribution in [3.63, 3.8) is 0 Å². The van der Waals surface area contributed by atoms with Crippen LogP contribution >= 0.6 is 11.6 Å². The summed E-state index contributed by atoms with van der Waals surface area (Å²) in [4.78, 5) is 30.8. The number of aromatic nitrogens is 2. The Balaban J connectivity index is 1.42. The molecule has 0 aliphatic carbocycles. The van der Waals surface area contributed by atoms with Gasteiger partial charge in [-0.15, -0.1) is 0 Å². The second-order valence-electron chi connectivity index (χ2n) is 9.07. The average Bonchev–Trinajstić information content (AvgIpc) is 3.12. The lowest BCUT2D eigenvalue weighted by Gasteiger charge is -2.13. The zero-order valence-electron chi connectivity index (χ0n) is 20.1. The fourth-order valence-corrected chi connectivity index (χ4v) is 5.60. The molecule has 0 saturated heterocycles. The number of benzene rings is 3. The maximum Gasteiger partial charge on any atom is 0.261 e. The van der Waals surface area contributed by atoms with Crippen LogP contribution in [0.3, 0.4) is 0 Å². The van der Waals surface area contributed by atoms with Crippen LogP contribution in [0.4, 0.5) is 11.4 Å². The first-order valence-electron chi connectivity index (χ1n) is 12.0. The number of rotatable bonds is 5. The van der Waals surface area contributed by atoms with Gasteiger partial charge in [-0.05, 0) is 79.9 Å². The summed E-state index contributed by atoms with van der Waals surface area (Å²) in [7, 11) is -3.90. The Kier molecular flexibility index (Phi) is 6.74. The maximum atomic E-state index is 13.1. The molecule has 1 aliphatic heterocycles. The number of aryl methyl sites for hydroxylation is 2. The molecule has 0 bridgehead atoms. The third kappa shape index (κ3) is 5.23. The molecule has 2 N–H and O–H groups in total. The lowest BCUT2D eigenvalue weighted by molar-refractivity contribution is 0.102. The number of carbonyl (C=O) groups excluding carboxylic acids is 1. The minimum atomic E-state index is -3.90. The number of nitrogens with zero attached hydrogens (tertiary/aromatic N) is 2. The number of hydrogen-bond donors (Lipinski definition) is 2. The summed E-state index contributed by atoms with van der Waals surface area (Å²) >= 11 is 5.88. The van der Waals surface area contributed by atoms with Crippen LogP contribution in [0.1, 0.15) is 41.0 Å². The Labute approximate surface area is 219 Å². The van der Waals surface area contributed by atoms with E-state index in [9.17, 15) is 18.0 Å². The normalized spacial score (nSPS) is 13.6. The van der Waals surface area contributed by atoms with Crippen LogP contribution in [-0.4, -0.2) is 23.9 Å². The molecule has 0 saturated carbocycles. The molecular formula is C27H25ClN4O4S. The molecule has 4 aromatic rings. The van der Waals surface area contributed by atoms with Crippen LogP contribution in [0.2, 0.25) is 5.02 Å². The lowest BCUT2D eigenvalue weighted by atomic mass is 10.1. The van der Waals surface area contributed by atoms with E-state index in [-0.39, 0.29) is 10.5 Å². The SMILES string of the molecule is Cc1ccc(S(=O)(=O)Nc2ccc(Cl)cc2)cc1NC(=O)c1ccc2c(=O)n3c(nc2c1)CCCCC3. The molecular weight excluding hydrogens is 512 g/mol. The van der Waals surface area contributed by atoms with Crippen molar-refractivity contribution in [2.45, 2.75) is 44.0 Å². The van der Waals surface area contributed by atoms with Crippen molar-refractivity contribution in [3.8, 4) is 0 Å². The molecule has 2 heterocycles. The molecule has 1 amide bonds. The first-order valence-corrected chi connectivity index (χ1v) is 13.8. The molecule has 0 spiro atoms. The van der Waals surface area contributed by atoms with Crippen LogP contribution < -0.4 is 15.6 Å². The van der Waals surface area contributed by atoms with E-state index in [1.165, 1.54) is 12.1 Å². The number of fused-ring (bicyclic) bond motifs is 2. The molecule has 1 aromatic heterocycles. The molecule has 8 nitrogen and oxygen atoms in total. The van der Waals surface area contributed by atoms with Gasteiger partial charge >= 0.3 is 0 Å². The quantitative estimate of drug-likeness (QED) is 0.367. The average molecular weight is 537 g/mol. The Morgan fingerprint density at radius 1 is 1.00 bits per heavy atom. The second-order valence-corrected chi connectivity index (χ2v) is 11.2. The minimum Gasteiger partial charge on any atom is -0.322 e. The molecule has 0 fully saturated rings. The van der Waals surface area contributed by atoms with Gasteiger partial charge < -0.3 is 5.32 Å². The van der Waals surface area contributed by atoms with Crippen LogP contribution in [0.5, 0.6) is 0 Å². The van der Waals surface area contributed by atoms with Crippen LogP contribution in [0.25, 0.3) is 10.9 Å². The first-order chi connectivity index (χ1) is 17.7. The predicted molar refractivity (Wildman–Crippen MR) is 145 cm³/mol. The van der Waals surface area contributed by atoms with Gasteiger partial charge in [0.1, 0.15) is 5.82 Å². The van der Waals surface area contributed by atoms with Crippen molar-refractivity contribution < 1.29 is 13.2 Å². The second kappa shape index (κ2) is 9.99. The molecule has 190 valence electrons. The number of halogens is 1. The summed E-state index contributed by atoms with van der Waals surface area (Å²) < 4.78 is 30.1. The third-order valence-corrected chi connectivity index (χ3v) is 8.07. The van der Waals surface area contributed by atoms with Crippen molar-refractivity contribution in [3.05, 3.63) is 93.0 Å². The van der Waals surface area contributed by atoms with Gasteiger partial charge in [0.2, 0.25) is 0 Å². The molecule has 0 atom stereocenters.